The van der Waals surface area contributed by atoms with Crippen molar-refractivity contribution in [2.24, 2.45) is 11.7 Å². The smallest absolute Gasteiger partial charge is 0.230 e. The molecule has 1 saturated carbocycles. The Morgan fingerprint density at radius 1 is 1.30 bits per heavy atom. The van der Waals surface area contributed by atoms with Crippen LogP contribution in [0.15, 0.2) is 29.0 Å². The highest BCUT2D eigenvalue weighted by atomic mass is 16.5. The Labute approximate surface area is 118 Å². The van der Waals surface area contributed by atoms with E-state index in [2.05, 4.69) is 15.1 Å². The van der Waals surface area contributed by atoms with Gasteiger partial charge in [-0.15, -0.1) is 0 Å². The summed E-state index contributed by atoms with van der Waals surface area (Å²) >= 11 is 0. The van der Waals surface area contributed by atoms with E-state index in [0.717, 1.165) is 23.7 Å². The van der Waals surface area contributed by atoms with Gasteiger partial charge in [-0.25, -0.2) is 0 Å². The topological polar surface area (TPSA) is 77.8 Å². The summed E-state index contributed by atoms with van der Waals surface area (Å²) in [5, 5.41) is 4.10. The Balaban J connectivity index is 1.73. The molecule has 3 rings (SSSR count). The van der Waals surface area contributed by atoms with Gasteiger partial charge in [-0.3, -0.25) is 4.98 Å². The van der Waals surface area contributed by atoms with Gasteiger partial charge in [-0.2, -0.15) is 4.98 Å². The van der Waals surface area contributed by atoms with Crippen LogP contribution in [-0.4, -0.2) is 21.7 Å². The highest BCUT2D eigenvalue weighted by molar-refractivity contribution is 5.14. The van der Waals surface area contributed by atoms with Crippen molar-refractivity contribution < 1.29 is 4.52 Å². The molecular weight excluding hydrogens is 252 g/mol. The highest BCUT2D eigenvalue weighted by Crippen LogP contribution is 2.36. The van der Waals surface area contributed by atoms with E-state index in [9.17, 15) is 0 Å². The first kappa shape index (κ1) is 13.2. The van der Waals surface area contributed by atoms with Gasteiger partial charge in [0.1, 0.15) is 0 Å². The Kier molecular flexibility index (Phi) is 4.06. The molecular formula is C15H20N4O. The fraction of sp³-hybridized carbons (Fsp3) is 0.533. The number of aromatic nitrogens is 3. The molecule has 106 valence electrons. The number of nitrogens with zero attached hydrogens (tertiary/aromatic N) is 3. The standard InChI is InChI=1S/C15H20N4O/c16-9-12-5-1-2-6-13(12)15-18-14(19-20-15)8-11-4-3-7-17-10-11/h3-4,7,10,12-13H,1-2,5-6,8-9,16H2. The minimum Gasteiger partial charge on any atom is -0.339 e. The van der Waals surface area contributed by atoms with Crippen LogP contribution in [0.1, 0.15) is 48.9 Å². The van der Waals surface area contributed by atoms with Gasteiger partial charge in [-0.1, -0.05) is 24.1 Å². The van der Waals surface area contributed by atoms with Crippen molar-refractivity contribution >= 4 is 0 Å². The number of rotatable bonds is 4. The first-order valence-corrected chi connectivity index (χ1v) is 7.28. The molecule has 1 aliphatic rings. The van der Waals surface area contributed by atoms with Crippen molar-refractivity contribution in [3.8, 4) is 0 Å². The molecule has 2 aromatic rings. The first-order valence-electron chi connectivity index (χ1n) is 7.28. The zero-order valence-corrected chi connectivity index (χ0v) is 11.5. The molecule has 5 nitrogen and oxygen atoms in total. The Morgan fingerprint density at radius 2 is 2.20 bits per heavy atom. The molecule has 1 aliphatic carbocycles. The third kappa shape index (κ3) is 2.88. The maximum absolute atomic E-state index is 5.86. The van der Waals surface area contributed by atoms with E-state index in [0.29, 0.717) is 24.8 Å². The zero-order valence-electron chi connectivity index (χ0n) is 11.5. The summed E-state index contributed by atoms with van der Waals surface area (Å²) < 4.78 is 5.47. The molecule has 2 aromatic heterocycles. The minimum absolute atomic E-state index is 0.337. The molecule has 2 heterocycles. The lowest BCUT2D eigenvalue weighted by Crippen LogP contribution is -2.25. The number of hydrogen-bond acceptors (Lipinski definition) is 5. The van der Waals surface area contributed by atoms with Crippen LogP contribution >= 0.6 is 0 Å². The van der Waals surface area contributed by atoms with Crippen molar-refractivity contribution in [1.82, 2.24) is 15.1 Å². The van der Waals surface area contributed by atoms with Crippen LogP contribution < -0.4 is 5.73 Å². The second kappa shape index (κ2) is 6.13. The van der Waals surface area contributed by atoms with Crippen LogP contribution in [0.25, 0.3) is 0 Å². The first-order chi connectivity index (χ1) is 9.86. The predicted molar refractivity (Wildman–Crippen MR) is 75.1 cm³/mol. The number of nitrogens with two attached hydrogens (primary N) is 1. The van der Waals surface area contributed by atoms with Crippen molar-refractivity contribution in [1.29, 1.82) is 0 Å². The van der Waals surface area contributed by atoms with Crippen molar-refractivity contribution in [3.05, 3.63) is 41.8 Å². The van der Waals surface area contributed by atoms with Crippen LogP contribution in [0.2, 0.25) is 0 Å². The fourth-order valence-electron chi connectivity index (χ4n) is 2.99. The minimum atomic E-state index is 0.337. The molecule has 5 heteroatoms. The van der Waals surface area contributed by atoms with Gasteiger partial charge in [0.15, 0.2) is 5.82 Å². The van der Waals surface area contributed by atoms with Crippen molar-refractivity contribution in [3.63, 3.8) is 0 Å². The van der Waals surface area contributed by atoms with Gasteiger partial charge < -0.3 is 10.3 Å². The molecule has 0 bridgehead atoms. The number of hydrogen-bond donors (Lipinski definition) is 1. The van der Waals surface area contributed by atoms with E-state index >= 15 is 0 Å². The zero-order chi connectivity index (χ0) is 13.8. The van der Waals surface area contributed by atoms with Crippen LogP contribution in [0.4, 0.5) is 0 Å². The fourth-order valence-corrected chi connectivity index (χ4v) is 2.99. The largest absolute Gasteiger partial charge is 0.339 e. The van der Waals surface area contributed by atoms with Gasteiger partial charge in [0.25, 0.3) is 0 Å². The monoisotopic (exact) mass is 272 g/mol. The van der Waals surface area contributed by atoms with Gasteiger partial charge in [0.05, 0.1) is 0 Å². The molecule has 2 N–H and O–H groups in total. The Bertz CT molecular complexity index is 540. The van der Waals surface area contributed by atoms with Crippen LogP contribution in [-0.2, 0) is 6.42 Å². The highest BCUT2D eigenvalue weighted by Gasteiger charge is 2.29. The van der Waals surface area contributed by atoms with E-state index in [1.807, 2.05) is 18.3 Å². The molecule has 20 heavy (non-hydrogen) atoms. The van der Waals surface area contributed by atoms with E-state index in [4.69, 9.17) is 10.3 Å². The van der Waals surface area contributed by atoms with Gasteiger partial charge in [0.2, 0.25) is 5.89 Å². The molecule has 0 amide bonds. The molecule has 0 spiro atoms. The molecule has 0 aromatic carbocycles. The van der Waals surface area contributed by atoms with Crippen LogP contribution in [0, 0.1) is 5.92 Å². The van der Waals surface area contributed by atoms with E-state index in [1.165, 1.54) is 19.3 Å². The summed E-state index contributed by atoms with van der Waals surface area (Å²) in [6, 6.07) is 3.94. The quantitative estimate of drug-likeness (QED) is 0.924. The summed E-state index contributed by atoms with van der Waals surface area (Å²) in [5.74, 6) is 2.31. The molecule has 1 fully saturated rings. The molecule has 0 aliphatic heterocycles. The normalized spacial score (nSPS) is 22.9. The average Bonchev–Trinajstić information content (AvgIpc) is 2.96. The Morgan fingerprint density at radius 3 is 3.00 bits per heavy atom. The molecule has 0 radical (unpaired) electrons. The van der Waals surface area contributed by atoms with Gasteiger partial charge in [-0.05, 0) is 36.9 Å². The molecule has 2 atom stereocenters. The lowest BCUT2D eigenvalue weighted by atomic mass is 9.79. The van der Waals surface area contributed by atoms with E-state index in [1.54, 1.807) is 6.20 Å². The van der Waals surface area contributed by atoms with Crippen molar-refractivity contribution in [2.45, 2.75) is 38.0 Å². The lowest BCUT2D eigenvalue weighted by molar-refractivity contribution is 0.249. The predicted octanol–water partition coefficient (Wildman–Crippen LogP) is 2.29. The summed E-state index contributed by atoms with van der Waals surface area (Å²) in [6.07, 6.45) is 9.02. The second-order valence-electron chi connectivity index (χ2n) is 5.47. The van der Waals surface area contributed by atoms with Gasteiger partial charge >= 0.3 is 0 Å². The third-order valence-electron chi connectivity index (χ3n) is 4.10. The van der Waals surface area contributed by atoms with Crippen molar-refractivity contribution in [2.75, 3.05) is 6.54 Å². The summed E-state index contributed by atoms with van der Waals surface area (Å²) in [4.78, 5) is 8.67. The van der Waals surface area contributed by atoms with Crippen LogP contribution in [0.5, 0.6) is 0 Å². The van der Waals surface area contributed by atoms with Gasteiger partial charge in [0, 0.05) is 24.7 Å². The second-order valence-corrected chi connectivity index (χ2v) is 5.47. The lowest BCUT2D eigenvalue weighted by Gasteiger charge is -2.27. The molecule has 0 saturated heterocycles. The maximum Gasteiger partial charge on any atom is 0.230 e. The van der Waals surface area contributed by atoms with E-state index in [-0.39, 0.29) is 0 Å². The SMILES string of the molecule is NCC1CCCCC1c1nc(Cc2cccnc2)no1. The summed E-state index contributed by atoms with van der Waals surface area (Å²) in [5.41, 5.74) is 6.96. The third-order valence-corrected chi connectivity index (χ3v) is 4.10. The van der Waals surface area contributed by atoms with E-state index < -0.39 is 0 Å². The summed E-state index contributed by atoms with van der Waals surface area (Å²) in [7, 11) is 0. The average molecular weight is 272 g/mol. The Hall–Kier alpha value is -1.75. The summed E-state index contributed by atoms with van der Waals surface area (Å²) in [6.45, 7) is 0.699. The maximum atomic E-state index is 5.86. The molecule has 2 unspecified atom stereocenters. The van der Waals surface area contributed by atoms with Crippen LogP contribution in [0.3, 0.4) is 0 Å². The number of pyridine rings is 1.